The number of hydrogen-bond donors (Lipinski definition) is 0. The summed E-state index contributed by atoms with van der Waals surface area (Å²) in [6, 6.07) is 9.43. The van der Waals surface area contributed by atoms with Crippen molar-refractivity contribution in [2.24, 2.45) is 0 Å². The highest BCUT2D eigenvalue weighted by atomic mass is 16.5. The van der Waals surface area contributed by atoms with Crippen LogP contribution in [0.15, 0.2) is 42.7 Å². The van der Waals surface area contributed by atoms with Crippen molar-refractivity contribution in [2.45, 2.75) is 18.9 Å². The first-order valence-electron chi connectivity index (χ1n) is 7.67. The minimum atomic E-state index is 0.0460. The zero-order valence-corrected chi connectivity index (χ0v) is 13.4. The van der Waals surface area contributed by atoms with Gasteiger partial charge in [0.25, 0.3) is 5.91 Å². The van der Waals surface area contributed by atoms with E-state index >= 15 is 0 Å². The minimum Gasteiger partial charge on any atom is -0.493 e. The summed E-state index contributed by atoms with van der Waals surface area (Å²) in [6.07, 6.45) is 5.24. The van der Waals surface area contributed by atoms with Crippen LogP contribution in [0.2, 0.25) is 0 Å². The molecule has 1 aliphatic rings. The van der Waals surface area contributed by atoms with Crippen molar-refractivity contribution < 1.29 is 14.3 Å². The molecule has 1 saturated heterocycles. The second-order valence-electron chi connectivity index (χ2n) is 5.51. The maximum Gasteiger partial charge on any atom is 0.254 e. The van der Waals surface area contributed by atoms with Crippen LogP contribution in [0.4, 0.5) is 0 Å². The van der Waals surface area contributed by atoms with Gasteiger partial charge in [0, 0.05) is 24.5 Å². The molecule has 2 aromatic rings. The van der Waals surface area contributed by atoms with E-state index in [9.17, 15) is 4.79 Å². The smallest absolute Gasteiger partial charge is 0.254 e. The molecule has 0 N–H and O–H groups in total. The molecule has 0 saturated carbocycles. The average Bonchev–Trinajstić information content (AvgIpc) is 3.10. The first kappa shape index (κ1) is 15.3. The Bertz CT molecular complexity index is 688. The van der Waals surface area contributed by atoms with Crippen molar-refractivity contribution in [2.75, 3.05) is 20.8 Å². The SMILES string of the molecule is COc1ccc([C@@H]2CCCN2C(=O)c2ccncc2)cc1OC. The van der Waals surface area contributed by atoms with E-state index in [1.165, 1.54) is 0 Å². The maximum atomic E-state index is 12.8. The standard InChI is InChI=1S/C18H20N2O3/c1-22-16-6-5-14(12-17(16)23-2)15-4-3-11-20(15)18(21)13-7-9-19-10-8-13/h5-10,12,15H,3-4,11H2,1-2H3/t15-/m0/s1. The Morgan fingerprint density at radius 2 is 1.87 bits per heavy atom. The highest BCUT2D eigenvalue weighted by molar-refractivity contribution is 5.94. The molecule has 0 aliphatic carbocycles. The minimum absolute atomic E-state index is 0.0460. The van der Waals surface area contributed by atoms with Gasteiger partial charge in [-0.3, -0.25) is 9.78 Å². The molecular formula is C18H20N2O3. The summed E-state index contributed by atoms with van der Waals surface area (Å²) < 4.78 is 10.7. The number of nitrogens with zero attached hydrogens (tertiary/aromatic N) is 2. The Kier molecular flexibility index (Phi) is 4.46. The van der Waals surface area contributed by atoms with Gasteiger partial charge in [0.05, 0.1) is 20.3 Å². The normalized spacial score (nSPS) is 17.1. The Morgan fingerprint density at radius 1 is 1.13 bits per heavy atom. The predicted octanol–water partition coefficient (Wildman–Crippen LogP) is 3.08. The molecule has 120 valence electrons. The van der Waals surface area contributed by atoms with E-state index < -0.39 is 0 Å². The Hall–Kier alpha value is -2.56. The number of carbonyl (C=O) groups is 1. The monoisotopic (exact) mass is 312 g/mol. The molecule has 1 amide bonds. The number of ether oxygens (including phenoxy) is 2. The fourth-order valence-electron chi connectivity index (χ4n) is 3.08. The summed E-state index contributed by atoms with van der Waals surface area (Å²) in [5, 5.41) is 0. The van der Waals surface area contributed by atoms with Crippen LogP contribution in [0.1, 0.15) is 34.8 Å². The zero-order valence-electron chi connectivity index (χ0n) is 13.4. The molecule has 1 aromatic carbocycles. The van der Waals surface area contributed by atoms with E-state index in [0.29, 0.717) is 17.1 Å². The van der Waals surface area contributed by atoms with Crippen LogP contribution >= 0.6 is 0 Å². The van der Waals surface area contributed by atoms with Crippen molar-refractivity contribution >= 4 is 5.91 Å². The van der Waals surface area contributed by atoms with E-state index in [-0.39, 0.29) is 11.9 Å². The van der Waals surface area contributed by atoms with Gasteiger partial charge in [0.2, 0.25) is 0 Å². The summed E-state index contributed by atoms with van der Waals surface area (Å²) in [5.74, 6) is 1.43. The van der Waals surface area contributed by atoms with Crippen LogP contribution in [0.5, 0.6) is 11.5 Å². The highest BCUT2D eigenvalue weighted by Gasteiger charge is 2.31. The molecule has 5 nitrogen and oxygen atoms in total. The van der Waals surface area contributed by atoms with Crippen molar-refractivity contribution in [1.82, 2.24) is 9.88 Å². The molecule has 0 radical (unpaired) electrons. The first-order valence-corrected chi connectivity index (χ1v) is 7.67. The van der Waals surface area contributed by atoms with E-state index in [0.717, 1.165) is 24.9 Å². The number of aromatic nitrogens is 1. The molecule has 3 rings (SSSR count). The largest absolute Gasteiger partial charge is 0.493 e. The van der Waals surface area contributed by atoms with Crippen LogP contribution in [0.25, 0.3) is 0 Å². The molecular weight excluding hydrogens is 292 g/mol. The maximum absolute atomic E-state index is 12.8. The topological polar surface area (TPSA) is 51.7 Å². The second-order valence-corrected chi connectivity index (χ2v) is 5.51. The third-order valence-electron chi connectivity index (χ3n) is 4.23. The lowest BCUT2D eigenvalue weighted by Gasteiger charge is -2.25. The summed E-state index contributed by atoms with van der Waals surface area (Å²) in [5.41, 5.74) is 1.75. The Balaban J connectivity index is 1.88. The third kappa shape index (κ3) is 2.99. The number of benzene rings is 1. The Labute approximate surface area is 135 Å². The fourth-order valence-corrected chi connectivity index (χ4v) is 3.08. The molecule has 5 heteroatoms. The Morgan fingerprint density at radius 3 is 2.57 bits per heavy atom. The van der Waals surface area contributed by atoms with Crippen LogP contribution < -0.4 is 9.47 Å². The van der Waals surface area contributed by atoms with Gasteiger partial charge in [0.15, 0.2) is 11.5 Å². The van der Waals surface area contributed by atoms with Gasteiger partial charge in [-0.25, -0.2) is 0 Å². The molecule has 1 aliphatic heterocycles. The van der Waals surface area contributed by atoms with Gasteiger partial charge in [-0.1, -0.05) is 6.07 Å². The number of carbonyl (C=O) groups excluding carboxylic acids is 1. The van der Waals surface area contributed by atoms with Crippen LogP contribution in [-0.2, 0) is 0 Å². The van der Waals surface area contributed by atoms with E-state index in [1.54, 1.807) is 38.7 Å². The number of hydrogen-bond acceptors (Lipinski definition) is 4. The average molecular weight is 312 g/mol. The van der Waals surface area contributed by atoms with Crippen LogP contribution in [0.3, 0.4) is 0 Å². The molecule has 0 bridgehead atoms. The highest BCUT2D eigenvalue weighted by Crippen LogP contribution is 2.37. The number of rotatable bonds is 4. The van der Waals surface area contributed by atoms with Crippen LogP contribution in [0, 0.1) is 0 Å². The lowest BCUT2D eigenvalue weighted by atomic mass is 10.0. The molecule has 23 heavy (non-hydrogen) atoms. The van der Waals surface area contributed by atoms with E-state index in [4.69, 9.17) is 9.47 Å². The van der Waals surface area contributed by atoms with Gasteiger partial charge in [0.1, 0.15) is 0 Å². The molecule has 1 fully saturated rings. The molecule has 1 aromatic heterocycles. The zero-order chi connectivity index (χ0) is 16.2. The first-order chi connectivity index (χ1) is 11.2. The molecule has 1 atom stereocenters. The van der Waals surface area contributed by atoms with E-state index in [1.807, 2.05) is 23.1 Å². The second kappa shape index (κ2) is 6.69. The molecule has 0 unspecified atom stereocenters. The van der Waals surface area contributed by atoms with Crippen molar-refractivity contribution in [3.8, 4) is 11.5 Å². The summed E-state index contributed by atoms with van der Waals surface area (Å²) in [4.78, 5) is 18.6. The lowest BCUT2D eigenvalue weighted by molar-refractivity contribution is 0.0735. The molecule has 0 spiro atoms. The van der Waals surface area contributed by atoms with Gasteiger partial charge < -0.3 is 14.4 Å². The van der Waals surface area contributed by atoms with Crippen molar-refractivity contribution in [3.63, 3.8) is 0 Å². The number of amides is 1. The summed E-state index contributed by atoms with van der Waals surface area (Å²) in [6.45, 7) is 0.764. The van der Waals surface area contributed by atoms with E-state index in [2.05, 4.69) is 4.98 Å². The van der Waals surface area contributed by atoms with Gasteiger partial charge >= 0.3 is 0 Å². The van der Waals surface area contributed by atoms with Crippen molar-refractivity contribution in [1.29, 1.82) is 0 Å². The fraction of sp³-hybridized carbons (Fsp3) is 0.333. The molecule has 2 heterocycles. The van der Waals surface area contributed by atoms with Gasteiger partial charge in [-0.2, -0.15) is 0 Å². The quantitative estimate of drug-likeness (QED) is 0.870. The number of pyridine rings is 1. The van der Waals surface area contributed by atoms with Gasteiger partial charge in [-0.05, 0) is 42.7 Å². The lowest BCUT2D eigenvalue weighted by Crippen LogP contribution is -2.30. The van der Waals surface area contributed by atoms with Gasteiger partial charge in [-0.15, -0.1) is 0 Å². The predicted molar refractivity (Wildman–Crippen MR) is 86.8 cm³/mol. The number of methoxy groups -OCH3 is 2. The third-order valence-corrected chi connectivity index (χ3v) is 4.23. The van der Waals surface area contributed by atoms with Crippen LogP contribution in [-0.4, -0.2) is 36.6 Å². The summed E-state index contributed by atoms with van der Waals surface area (Å²) >= 11 is 0. The summed E-state index contributed by atoms with van der Waals surface area (Å²) in [7, 11) is 3.24. The van der Waals surface area contributed by atoms with Crippen molar-refractivity contribution in [3.05, 3.63) is 53.9 Å². The number of likely N-dealkylation sites (tertiary alicyclic amines) is 1.